The summed E-state index contributed by atoms with van der Waals surface area (Å²) in [5, 5.41) is 6.17. The molecule has 0 aliphatic carbocycles. The number of amides is 2. The summed E-state index contributed by atoms with van der Waals surface area (Å²) < 4.78 is 16.1. The summed E-state index contributed by atoms with van der Waals surface area (Å²) in [5.74, 6) is -1.09. The van der Waals surface area contributed by atoms with E-state index in [9.17, 15) is 14.4 Å². The predicted octanol–water partition coefficient (Wildman–Crippen LogP) is 2.93. The van der Waals surface area contributed by atoms with Crippen LogP contribution in [0.25, 0.3) is 11.1 Å². The van der Waals surface area contributed by atoms with Gasteiger partial charge in [0.25, 0.3) is 0 Å². The van der Waals surface area contributed by atoms with E-state index < -0.39 is 24.0 Å². The number of urea groups is 1. The minimum absolute atomic E-state index is 0.192. The number of nitrogens with one attached hydrogen (secondary N) is 2. The zero-order chi connectivity index (χ0) is 24.1. The van der Waals surface area contributed by atoms with Crippen LogP contribution in [0.5, 0.6) is 0 Å². The Balaban J connectivity index is 1.58. The van der Waals surface area contributed by atoms with E-state index in [0.29, 0.717) is 18.1 Å². The molecule has 1 unspecified atom stereocenters. The van der Waals surface area contributed by atoms with Crippen LogP contribution in [-0.4, -0.2) is 63.5 Å². The van der Waals surface area contributed by atoms with Gasteiger partial charge in [0.15, 0.2) is 0 Å². The average molecular weight is 486 g/mol. The van der Waals surface area contributed by atoms with Crippen LogP contribution in [-0.2, 0) is 19.0 Å². The van der Waals surface area contributed by atoms with Gasteiger partial charge >= 0.3 is 18.0 Å². The molecule has 0 spiro atoms. The van der Waals surface area contributed by atoms with E-state index in [-0.39, 0.29) is 24.5 Å². The molecule has 10 heteroatoms. The zero-order valence-corrected chi connectivity index (χ0v) is 19.9. The van der Waals surface area contributed by atoms with E-state index in [1.165, 1.54) is 11.3 Å². The van der Waals surface area contributed by atoms with Crippen molar-refractivity contribution >= 4 is 34.3 Å². The van der Waals surface area contributed by atoms with Crippen molar-refractivity contribution in [1.82, 2.24) is 10.6 Å². The zero-order valence-electron chi connectivity index (χ0n) is 19.1. The quantitative estimate of drug-likeness (QED) is 0.581. The maximum Gasteiger partial charge on any atom is 0.348 e. The van der Waals surface area contributed by atoms with Crippen molar-refractivity contribution in [1.29, 1.82) is 0 Å². The van der Waals surface area contributed by atoms with E-state index >= 15 is 0 Å². The van der Waals surface area contributed by atoms with Gasteiger partial charge in [-0.1, -0.05) is 30.3 Å². The number of benzene rings is 1. The van der Waals surface area contributed by atoms with Gasteiger partial charge < -0.3 is 29.7 Å². The molecule has 1 saturated heterocycles. The van der Waals surface area contributed by atoms with E-state index in [4.69, 9.17) is 14.2 Å². The van der Waals surface area contributed by atoms with Crippen molar-refractivity contribution in [3.63, 3.8) is 0 Å². The van der Waals surface area contributed by atoms with Gasteiger partial charge in [-0.25, -0.2) is 14.4 Å². The number of ether oxygens (including phenoxy) is 3. The first-order valence-electron chi connectivity index (χ1n) is 11.1. The van der Waals surface area contributed by atoms with Crippen LogP contribution in [0.1, 0.15) is 23.5 Å². The van der Waals surface area contributed by atoms with Gasteiger partial charge in [0.05, 0.1) is 42.1 Å². The second-order valence-electron chi connectivity index (χ2n) is 7.80. The maximum absolute atomic E-state index is 13.0. The molecule has 2 aromatic rings. The molecular weight excluding hydrogens is 458 g/mol. The lowest BCUT2D eigenvalue weighted by atomic mass is 10.0. The summed E-state index contributed by atoms with van der Waals surface area (Å²) in [4.78, 5) is 40.0. The second-order valence-corrected chi connectivity index (χ2v) is 8.83. The Morgan fingerprint density at radius 2 is 1.88 bits per heavy atom. The smallest absolute Gasteiger partial charge is 0.348 e. The Morgan fingerprint density at radius 3 is 2.59 bits per heavy atom. The van der Waals surface area contributed by atoms with E-state index in [0.717, 1.165) is 29.2 Å². The third-order valence-electron chi connectivity index (χ3n) is 5.51. The van der Waals surface area contributed by atoms with Crippen molar-refractivity contribution in [2.45, 2.75) is 19.9 Å². The molecule has 2 aliphatic rings. The van der Waals surface area contributed by atoms with Crippen LogP contribution in [0.3, 0.4) is 0 Å². The third kappa shape index (κ3) is 5.23. The Kier molecular flexibility index (Phi) is 7.49. The first-order valence-corrected chi connectivity index (χ1v) is 12.0. The highest BCUT2D eigenvalue weighted by atomic mass is 32.1. The molecule has 4 rings (SSSR count). The van der Waals surface area contributed by atoms with Crippen molar-refractivity contribution < 1.29 is 28.6 Å². The van der Waals surface area contributed by atoms with Crippen LogP contribution >= 0.6 is 11.3 Å². The fourth-order valence-corrected chi connectivity index (χ4v) is 5.04. The second kappa shape index (κ2) is 10.7. The Morgan fingerprint density at radius 1 is 1.15 bits per heavy atom. The van der Waals surface area contributed by atoms with Crippen LogP contribution in [0, 0.1) is 0 Å². The first kappa shape index (κ1) is 23.8. The Labute approximate surface area is 201 Å². The molecular formula is C24H27N3O6S. The number of morpholine rings is 1. The molecule has 1 aromatic heterocycles. The van der Waals surface area contributed by atoms with E-state index in [1.807, 2.05) is 36.4 Å². The van der Waals surface area contributed by atoms with Gasteiger partial charge in [0, 0.05) is 18.7 Å². The minimum atomic E-state index is -0.569. The van der Waals surface area contributed by atoms with Crippen LogP contribution < -0.4 is 15.5 Å². The lowest BCUT2D eigenvalue weighted by Crippen LogP contribution is -2.50. The monoisotopic (exact) mass is 485 g/mol. The molecule has 0 radical (unpaired) electrons. The lowest BCUT2D eigenvalue weighted by molar-refractivity contribution is -0.139. The number of carbonyl (C=O) groups is 3. The molecule has 2 amide bonds. The number of rotatable bonds is 7. The summed E-state index contributed by atoms with van der Waals surface area (Å²) >= 11 is 1.36. The summed E-state index contributed by atoms with van der Waals surface area (Å²) in [7, 11) is 0. The molecule has 0 saturated carbocycles. The van der Waals surface area contributed by atoms with Crippen LogP contribution in [0.2, 0.25) is 0 Å². The van der Waals surface area contributed by atoms with Crippen LogP contribution in [0.15, 0.2) is 47.7 Å². The topological polar surface area (TPSA) is 106 Å². The standard InChI is InChI=1S/C24H27N3O6S/c1-3-32-23(29)20-15(2)25-24(30)26-18(20)14-33-22(28)19-13-17(16-7-5-4-6-8-16)21(34-19)27-9-11-31-12-10-27/h4-8,13,15H,3,9-12,14H2,1-2H3,(H2,25,26,30). The molecule has 3 heterocycles. The first-order chi connectivity index (χ1) is 16.5. The number of hydrogen-bond acceptors (Lipinski definition) is 8. The lowest BCUT2D eigenvalue weighted by Gasteiger charge is -2.28. The molecule has 180 valence electrons. The molecule has 0 bridgehead atoms. The minimum Gasteiger partial charge on any atom is -0.463 e. The molecule has 2 aliphatic heterocycles. The Hall–Kier alpha value is -3.37. The normalized spacial score (nSPS) is 18.2. The molecule has 9 nitrogen and oxygen atoms in total. The van der Waals surface area contributed by atoms with Crippen molar-refractivity contribution in [3.05, 3.63) is 52.5 Å². The van der Waals surface area contributed by atoms with E-state index in [2.05, 4.69) is 15.5 Å². The number of thiophene rings is 1. The Bertz CT molecular complexity index is 1090. The average Bonchev–Trinajstić information content (AvgIpc) is 3.29. The predicted molar refractivity (Wildman–Crippen MR) is 128 cm³/mol. The van der Waals surface area contributed by atoms with Gasteiger partial charge in [0.2, 0.25) is 0 Å². The summed E-state index contributed by atoms with van der Waals surface area (Å²) in [6, 6.07) is 10.7. The van der Waals surface area contributed by atoms with Crippen molar-refractivity contribution in [2.75, 3.05) is 44.4 Å². The largest absolute Gasteiger partial charge is 0.463 e. The van der Waals surface area contributed by atoms with Crippen LogP contribution in [0.4, 0.5) is 9.80 Å². The summed E-state index contributed by atoms with van der Waals surface area (Å²) in [6.07, 6.45) is 0. The SMILES string of the molecule is CCOC(=O)C1=C(COC(=O)c2cc(-c3ccccc3)c(N3CCOCC3)s2)NC(=O)NC1C. The number of anilines is 1. The van der Waals surface area contributed by atoms with Gasteiger partial charge in [0.1, 0.15) is 11.5 Å². The van der Waals surface area contributed by atoms with E-state index in [1.54, 1.807) is 13.8 Å². The van der Waals surface area contributed by atoms with Gasteiger partial charge in [-0.3, -0.25) is 0 Å². The molecule has 1 fully saturated rings. The van der Waals surface area contributed by atoms with Crippen molar-refractivity contribution in [3.8, 4) is 11.1 Å². The van der Waals surface area contributed by atoms with Gasteiger partial charge in [-0.15, -0.1) is 11.3 Å². The maximum atomic E-state index is 13.0. The number of esters is 2. The fraction of sp³-hybridized carbons (Fsp3) is 0.375. The third-order valence-corrected chi connectivity index (χ3v) is 6.69. The number of hydrogen-bond donors (Lipinski definition) is 2. The fourth-order valence-electron chi connectivity index (χ4n) is 3.91. The molecule has 2 N–H and O–H groups in total. The summed E-state index contributed by atoms with van der Waals surface area (Å²) in [6.45, 7) is 6.04. The number of nitrogens with zero attached hydrogens (tertiary/aromatic N) is 1. The van der Waals surface area contributed by atoms with Crippen molar-refractivity contribution in [2.24, 2.45) is 0 Å². The molecule has 1 aromatic carbocycles. The number of carbonyl (C=O) groups excluding carboxylic acids is 3. The highest BCUT2D eigenvalue weighted by Gasteiger charge is 2.31. The summed E-state index contributed by atoms with van der Waals surface area (Å²) in [5.41, 5.74) is 2.41. The highest BCUT2D eigenvalue weighted by molar-refractivity contribution is 7.18. The highest BCUT2D eigenvalue weighted by Crippen LogP contribution is 2.39. The molecule has 34 heavy (non-hydrogen) atoms. The van der Waals surface area contributed by atoms with Gasteiger partial charge in [-0.2, -0.15) is 0 Å². The molecule has 1 atom stereocenters. The van der Waals surface area contributed by atoms with Gasteiger partial charge in [-0.05, 0) is 25.5 Å².